The van der Waals surface area contributed by atoms with Crippen molar-refractivity contribution in [2.45, 2.75) is 19.9 Å². The van der Waals surface area contributed by atoms with Crippen molar-refractivity contribution in [1.82, 2.24) is 5.32 Å². The molecule has 2 rings (SSSR count). The van der Waals surface area contributed by atoms with Gasteiger partial charge in [-0.05, 0) is 50.3 Å². The first-order valence-corrected chi connectivity index (χ1v) is 8.25. The van der Waals surface area contributed by atoms with E-state index < -0.39 is 10.8 Å². The number of nitro benzene ring substituents is 1. The second-order valence-corrected chi connectivity index (χ2v) is 5.97. The summed E-state index contributed by atoms with van der Waals surface area (Å²) in [4.78, 5) is 34.1. The second-order valence-electron chi connectivity index (χ2n) is 5.97. The third-order valence-corrected chi connectivity index (χ3v) is 3.38. The van der Waals surface area contributed by atoms with E-state index in [-0.39, 0.29) is 17.8 Å². The Bertz CT molecular complexity index is 860. The van der Waals surface area contributed by atoms with E-state index in [1.54, 1.807) is 42.5 Å². The van der Waals surface area contributed by atoms with Gasteiger partial charge in [0.15, 0.2) is 0 Å². The minimum Gasteiger partial charge on any atom is -0.336 e. The lowest BCUT2D eigenvalue weighted by molar-refractivity contribution is -0.385. The molecule has 0 unspecified atom stereocenters. The summed E-state index contributed by atoms with van der Waals surface area (Å²) in [5.74, 6) is -0.425. The van der Waals surface area contributed by atoms with Gasteiger partial charge < -0.3 is 16.0 Å². The third kappa shape index (κ3) is 6.28. The topological polar surface area (TPSA) is 113 Å². The number of hydrogen-bond donors (Lipinski definition) is 3. The van der Waals surface area contributed by atoms with E-state index in [1.807, 2.05) is 13.8 Å². The number of benzene rings is 2. The molecule has 0 radical (unpaired) electrons. The van der Waals surface area contributed by atoms with Gasteiger partial charge in [0.2, 0.25) is 5.91 Å². The van der Waals surface area contributed by atoms with E-state index in [4.69, 9.17) is 0 Å². The summed E-state index contributed by atoms with van der Waals surface area (Å²) in [6.45, 7) is 3.71. The second kappa shape index (κ2) is 9.14. The van der Waals surface area contributed by atoms with E-state index in [1.165, 1.54) is 18.2 Å². The molecule has 0 aliphatic rings. The van der Waals surface area contributed by atoms with Crippen LogP contribution >= 0.6 is 0 Å². The van der Waals surface area contributed by atoms with Gasteiger partial charge in [-0.1, -0.05) is 12.1 Å². The number of anilines is 2. The summed E-state index contributed by atoms with van der Waals surface area (Å²) < 4.78 is 0. The minimum atomic E-state index is -0.501. The van der Waals surface area contributed by atoms with Crippen molar-refractivity contribution in [3.8, 4) is 0 Å². The molecular weight excluding hydrogens is 348 g/mol. The zero-order valence-corrected chi connectivity index (χ0v) is 14.9. The van der Waals surface area contributed by atoms with Crippen LogP contribution in [0.15, 0.2) is 54.6 Å². The van der Waals surface area contributed by atoms with Crippen LogP contribution in [-0.4, -0.2) is 22.9 Å². The van der Waals surface area contributed by atoms with Gasteiger partial charge in [-0.2, -0.15) is 0 Å². The molecule has 0 heterocycles. The maximum atomic E-state index is 12.0. The molecule has 27 heavy (non-hydrogen) atoms. The molecule has 0 aliphatic heterocycles. The molecule has 0 bridgehead atoms. The Morgan fingerprint density at radius 3 is 2.19 bits per heavy atom. The van der Waals surface area contributed by atoms with Crippen LogP contribution in [0, 0.1) is 10.1 Å². The van der Waals surface area contributed by atoms with Gasteiger partial charge in [-0.25, -0.2) is 4.79 Å². The Kier molecular flexibility index (Phi) is 6.65. The number of rotatable bonds is 6. The van der Waals surface area contributed by atoms with Crippen LogP contribution in [0.2, 0.25) is 0 Å². The number of carbonyl (C=O) groups is 2. The maximum absolute atomic E-state index is 12.0. The molecule has 140 valence electrons. The molecule has 0 saturated carbocycles. The predicted octanol–water partition coefficient (Wildman–Crippen LogP) is 3.78. The normalized spacial score (nSPS) is 10.6. The number of carbonyl (C=O) groups excluding carboxylic acids is 2. The molecule has 0 atom stereocenters. The number of urea groups is 1. The summed E-state index contributed by atoms with van der Waals surface area (Å²) in [6, 6.07) is 12.5. The molecular formula is C19H20N4O4. The number of hydrogen-bond acceptors (Lipinski definition) is 4. The molecule has 8 heteroatoms. The third-order valence-electron chi connectivity index (χ3n) is 3.38. The van der Waals surface area contributed by atoms with Crippen LogP contribution in [0.1, 0.15) is 19.4 Å². The molecule has 0 spiro atoms. The SMILES string of the molecule is CC(C)NC(=O)Nc1ccc(NC(=O)/C=C/c2ccccc2[N+](=O)[O-])cc1. The summed E-state index contributed by atoms with van der Waals surface area (Å²) in [5.41, 5.74) is 1.38. The van der Waals surface area contributed by atoms with E-state index in [0.29, 0.717) is 16.9 Å². The average Bonchev–Trinajstić information content (AvgIpc) is 2.61. The Morgan fingerprint density at radius 2 is 1.59 bits per heavy atom. The van der Waals surface area contributed by atoms with E-state index in [2.05, 4.69) is 16.0 Å². The van der Waals surface area contributed by atoms with Gasteiger partial charge in [-0.3, -0.25) is 14.9 Å². The quantitative estimate of drug-likeness (QED) is 0.409. The first-order valence-electron chi connectivity index (χ1n) is 8.25. The largest absolute Gasteiger partial charge is 0.336 e. The van der Waals surface area contributed by atoms with Crippen LogP contribution in [0.3, 0.4) is 0 Å². The predicted molar refractivity (Wildman–Crippen MR) is 104 cm³/mol. The fourth-order valence-corrected chi connectivity index (χ4v) is 2.21. The molecule has 0 saturated heterocycles. The summed E-state index contributed by atoms with van der Waals surface area (Å²) in [7, 11) is 0. The van der Waals surface area contributed by atoms with Crippen molar-refractivity contribution in [2.24, 2.45) is 0 Å². The first kappa shape index (κ1) is 19.6. The molecule has 0 fully saturated rings. The number of amides is 3. The van der Waals surface area contributed by atoms with Crippen molar-refractivity contribution in [1.29, 1.82) is 0 Å². The zero-order chi connectivity index (χ0) is 19.8. The van der Waals surface area contributed by atoms with Crippen LogP contribution in [-0.2, 0) is 4.79 Å². The molecule has 2 aromatic carbocycles. The van der Waals surface area contributed by atoms with Crippen molar-refractivity contribution in [3.63, 3.8) is 0 Å². The number of nitrogens with one attached hydrogen (secondary N) is 3. The smallest absolute Gasteiger partial charge is 0.319 e. The average molecular weight is 368 g/mol. The van der Waals surface area contributed by atoms with Crippen molar-refractivity contribution in [3.05, 3.63) is 70.3 Å². The van der Waals surface area contributed by atoms with Gasteiger partial charge in [-0.15, -0.1) is 0 Å². The Morgan fingerprint density at radius 1 is 1.00 bits per heavy atom. The molecule has 3 amide bonds. The minimum absolute atomic E-state index is 0.0239. The van der Waals surface area contributed by atoms with Gasteiger partial charge in [0, 0.05) is 29.6 Å². The van der Waals surface area contributed by atoms with Gasteiger partial charge in [0.05, 0.1) is 10.5 Å². The number of nitrogens with zero attached hydrogens (tertiary/aromatic N) is 1. The van der Waals surface area contributed by atoms with Gasteiger partial charge in [0.1, 0.15) is 0 Å². The van der Waals surface area contributed by atoms with Crippen molar-refractivity contribution >= 4 is 35.1 Å². The fourth-order valence-electron chi connectivity index (χ4n) is 2.21. The van der Waals surface area contributed by atoms with Crippen LogP contribution in [0.4, 0.5) is 21.9 Å². The highest BCUT2D eigenvalue weighted by Crippen LogP contribution is 2.19. The Labute approximate surface area is 156 Å². The monoisotopic (exact) mass is 368 g/mol. The van der Waals surface area contributed by atoms with E-state index >= 15 is 0 Å². The Balaban J connectivity index is 1.96. The van der Waals surface area contributed by atoms with Gasteiger partial charge >= 0.3 is 6.03 Å². The highest BCUT2D eigenvalue weighted by molar-refractivity contribution is 6.02. The van der Waals surface area contributed by atoms with Gasteiger partial charge in [0.25, 0.3) is 5.69 Å². The highest BCUT2D eigenvalue weighted by atomic mass is 16.6. The fraction of sp³-hybridized carbons (Fsp3) is 0.158. The molecule has 3 N–H and O–H groups in total. The zero-order valence-electron chi connectivity index (χ0n) is 14.9. The Hall–Kier alpha value is -3.68. The van der Waals surface area contributed by atoms with Crippen LogP contribution in [0.25, 0.3) is 6.08 Å². The molecule has 8 nitrogen and oxygen atoms in total. The molecule has 2 aromatic rings. The first-order chi connectivity index (χ1) is 12.8. The molecule has 0 aliphatic carbocycles. The maximum Gasteiger partial charge on any atom is 0.319 e. The standard InChI is InChI=1S/C19H20N4O4/c1-13(2)20-19(25)22-16-10-8-15(9-11-16)21-18(24)12-7-14-5-3-4-6-17(14)23(26)27/h3-13H,1-2H3,(H,21,24)(H2,20,22,25)/b12-7+. The lowest BCUT2D eigenvalue weighted by Crippen LogP contribution is -2.34. The van der Waals surface area contributed by atoms with Crippen molar-refractivity contribution in [2.75, 3.05) is 10.6 Å². The van der Waals surface area contributed by atoms with E-state index in [0.717, 1.165) is 0 Å². The van der Waals surface area contributed by atoms with Crippen LogP contribution < -0.4 is 16.0 Å². The molecule has 0 aromatic heterocycles. The number of nitro groups is 1. The van der Waals surface area contributed by atoms with Crippen molar-refractivity contribution < 1.29 is 14.5 Å². The number of para-hydroxylation sites is 1. The highest BCUT2D eigenvalue weighted by Gasteiger charge is 2.10. The van der Waals surface area contributed by atoms with E-state index in [9.17, 15) is 19.7 Å². The van der Waals surface area contributed by atoms with Crippen LogP contribution in [0.5, 0.6) is 0 Å². The lowest BCUT2D eigenvalue weighted by atomic mass is 10.1. The summed E-state index contributed by atoms with van der Waals surface area (Å²) >= 11 is 0. The summed E-state index contributed by atoms with van der Waals surface area (Å²) in [6.07, 6.45) is 2.62. The lowest BCUT2D eigenvalue weighted by Gasteiger charge is -2.10. The summed E-state index contributed by atoms with van der Waals surface area (Å²) in [5, 5.41) is 19.0.